The Hall–Kier alpha value is -6.87. The van der Waals surface area contributed by atoms with E-state index in [1.807, 2.05) is 97.1 Å². The van der Waals surface area contributed by atoms with Crippen LogP contribution in [0.1, 0.15) is 0 Å². The summed E-state index contributed by atoms with van der Waals surface area (Å²) in [5, 5.41) is 45.1. The molecule has 0 atom stereocenters. The van der Waals surface area contributed by atoms with E-state index < -0.39 is 0 Å². The Morgan fingerprint density at radius 3 is 1.46 bits per heavy atom. The zero-order valence-electron chi connectivity index (χ0n) is 25.0. The van der Waals surface area contributed by atoms with Crippen molar-refractivity contribution in [1.29, 1.82) is 0 Å². The number of rotatable bonds is 4. The Kier molecular flexibility index (Phi) is 5.90. The molecule has 9 aromatic rings. The summed E-state index contributed by atoms with van der Waals surface area (Å²) in [6.45, 7) is 0. The van der Waals surface area contributed by atoms with Crippen molar-refractivity contribution in [3.63, 3.8) is 0 Å². The number of benzene rings is 6. The summed E-state index contributed by atoms with van der Waals surface area (Å²) < 4.78 is 8.10. The number of fused-ring (bicyclic) bond motifs is 6. The largest absolute Gasteiger partial charge is 0.508 e. The van der Waals surface area contributed by atoms with Crippen LogP contribution in [-0.4, -0.2) is 39.9 Å². The van der Waals surface area contributed by atoms with Crippen LogP contribution in [0.5, 0.6) is 23.0 Å². The molecule has 0 radical (unpaired) electrons. The zero-order chi connectivity index (χ0) is 32.5. The molecule has 0 saturated heterocycles. The second-order valence-corrected chi connectivity index (χ2v) is 11.6. The zero-order valence-corrected chi connectivity index (χ0v) is 25.0. The predicted molar refractivity (Wildman–Crippen MR) is 184 cm³/mol. The third kappa shape index (κ3) is 4.29. The molecule has 3 heterocycles. The first-order valence-corrected chi connectivity index (χ1v) is 15.2. The maximum atomic E-state index is 10.9. The molecule has 0 aliphatic heterocycles. The van der Waals surface area contributed by atoms with Crippen molar-refractivity contribution in [2.45, 2.75) is 0 Å². The minimum atomic E-state index is -0.184. The van der Waals surface area contributed by atoms with Crippen molar-refractivity contribution in [2.75, 3.05) is 0 Å². The van der Waals surface area contributed by atoms with Gasteiger partial charge in [-0.1, -0.05) is 66.7 Å². The lowest BCUT2D eigenvalue weighted by Gasteiger charge is -2.10. The summed E-state index contributed by atoms with van der Waals surface area (Å²) in [5.41, 5.74) is 5.05. The molecule has 0 fully saturated rings. The molecule has 0 unspecified atom stereocenters. The summed E-state index contributed by atoms with van der Waals surface area (Å²) in [6.07, 6.45) is 0. The summed E-state index contributed by atoms with van der Waals surface area (Å²) in [7, 11) is 0. The lowest BCUT2D eigenvalue weighted by molar-refractivity contribution is 0.454. The molecule has 9 nitrogen and oxygen atoms in total. The first-order valence-electron chi connectivity index (χ1n) is 15.2. The molecule has 0 spiro atoms. The van der Waals surface area contributed by atoms with Gasteiger partial charge in [-0.15, -0.1) is 0 Å². The third-order valence-electron chi connectivity index (χ3n) is 8.56. The van der Waals surface area contributed by atoms with Gasteiger partial charge in [0, 0.05) is 56.4 Å². The number of furan rings is 1. The SMILES string of the molecule is Oc1cc(O)c2c(c1)c1cc(O)cc(O)c1n2-c1ccc2c(c1)oc1cc(-c3nc(-c4ccccc4)nc(-c4ccccc4)n3)ccc12. The van der Waals surface area contributed by atoms with Gasteiger partial charge in [-0.25, -0.2) is 15.0 Å². The van der Waals surface area contributed by atoms with Crippen molar-refractivity contribution in [2.24, 2.45) is 0 Å². The average molecular weight is 629 g/mol. The van der Waals surface area contributed by atoms with Crippen LogP contribution in [0, 0.1) is 0 Å². The fraction of sp³-hybridized carbons (Fsp3) is 0. The van der Waals surface area contributed by atoms with Gasteiger partial charge in [0.25, 0.3) is 0 Å². The Bertz CT molecular complexity index is 2600. The van der Waals surface area contributed by atoms with Gasteiger partial charge in [0.05, 0.1) is 16.7 Å². The molecule has 9 heteroatoms. The van der Waals surface area contributed by atoms with E-state index in [4.69, 9.17) is 19.4 Å². The van der Waals surface area contributed by atoms with Crippen LogP contribution in [0.4, 0.5) is 0 Å². The normalized spacial score (nSPS) is 11.7. The quantitative estimate of drug-likeness (QED) is 0.152. The van der Waals surface area contributed by atoms with Crippen LogP contribution < -0.4 is 0 Å². The van der Waals surface area contributed by atoms with E-state index in [2.05, 4.69) is 0 Å². The van der Waals surface area contributed by atoms with E-state index in [1.165, 1.54) is 24.3 Å². The second-order valence-electron chi connectivity index (χ2n) is 11.6. The molecule has 0 bridgehead atoms. The van der Waals surface area contributed by atoms with Crippen LogP contribution in [-0.2, 0) is 0 Å². The Morgan fingerprint density at radius 1 is 0.438 bits per heavy atom. The first-order chi connectivity index (χ1) is 23.4. The van der Waals surface area contributed by atoms with Gasteiger partial charge < -0.3 is 29.4 Å². The van der Waals surface area contributed by atoms with E-state index in [1.54, 1.807) is 4.57 Å². The average Bonchev–Trinajstić information content (AvgIpc) is 3.64. The maximum absolute atomic E-state index is 10.9. The number of nitrogens with zero attached hydrogens (tertiary/aromatic N) is 4. The summed E-state index contributed by atoms with van der Waals surface area (Å²) >= 11 is 0. The first kappa shape index (κ1) is 27.4. The standard InChI is InChI=1S/C39H24N4O5/c44-25-17-29-30-18-26(45)20-32(47)36(30)43(35(29)31(46)19-25)24-12-14-28-27-13-11-23(15-33(27)48-34(28)16-24)39-41-37(21-7-3-1-4-8-21)40-38(42-39)22-9-5-2-6-10-22/h1-20,44-47H. The monoisotopic (exact) mass is 628 g/mol. The molecule has 230 valence electrons. The second kappa shape index (κ2) is 10.3. The van der Waals surface area contributed by atoms with Crippen LogP contribution in [0.15, 0.2) is 126 Å². The smallest absolute Gasteiger partial charge is 0.164 e. The van der Waals surface area contributed by atoms with Crippen molar-refractivity contribution < 1.29 is 24.8 Å². The highest BCUT2D eigenvalue weighted by atomic mass is 16.3. The van der Waals surface area contributed by atoms with E-state index in [-0.39, 0.29) is 23.0 Å². The highest BCUT2D eigenvalue weighted by molar-refractivity contribution is 6.14. The third-order valence-corrected chi connectivity index (χ3v) is 8.56. The molecule has 6 aromatic carbocycles. The number of hydrogen-bond donors (Lipinski definition) is 4. The molecule has 0 aliphatic rings. The Balaban J connectivity index is 1.21. The van der Waals surface area contributed by atoms with Crippen molar-refractivity contribution in [3.8, 4) is 62.8 Å². The molecular weight excluding hydrogens is 604 g/mol. The van der Waals surface area contributed by atoms with Crippen molar-refractivity contribution in [1.82, 2.24) is 19.5 Å². The summed E-state index contributed by atoms with van der Waals surface area (Å²) in [5.74, 6) is 0.980. The molecule has 0 saturated carbocycles. The van der Waals surface area contributed by atoms with Crippen molar-refractivity contribution in [3.05, 3.63) is 121 Å². The van der Waals surface area contributed by atoms with Gasteiger partial charge in [0.15, 0.2) is 17.5 Å². The molecule has 4 N–H and O–H groups in total. The lowest BCUT2D eigenvalue weighted by Crippen LogP contribution is -2.00. The maximum Gasteiger partial charge on any atom is 0.164 e. The highest BCUT2D eigenvalue weighted by Gasteiger charge is 2.21. The Labute approximate surface area is 271 Å². The van der Waals surface area contributed by atoms with Gasteiger partial charge in [0.2, 0.25) is 0 Å². The van der Waals surface area contributed by atoms with Gasteiger partial charge >= 0.3 is 0 Å². The topological polar surface area (TPSA) is 138 Å². The molecular formula is C39H24N4O5. The lowest BCUT2D eigenvalue weighted by atomic mass is 10.1. The van der Waals surface area contributed by atoms with Gasteiger partial charge in [0.1, 0.15) is 34.2 Å². The molecule has 0 aliphatic carbocycles. The van der Waals surface area contributed by atoms with Gasteiger partial charge in [-0.3, -0.25) is 0 Å². The van der Waals surface area contributed by atoms with E-state index >= 15 is 0 Å². The molecule has 3 aromatic heterocycles. The van der Waals surface area contributed by atoms with E-state index in [0.717, 1.165) is 27.5 Å². The fourth-order valence-electron chi connectivity index (χ4n) is 6.44. The minimum absolute atomic E-state index is 0.143. The van der Waals surface area contributed by atoms with E-state index in [0.29, 0.717) is 56.1 Å². The number of phenols is 4. The highest BCUT2D eigenvalue weighted by Crippen LogP contribution is 2.44. The predicted octanol–water partition coefficient (Wildman–Crippen LogP) is 8.69. The molecule has 9 rings (SSSR count). The number of hydrogen-bond acceptors (Lipinski definition) is 8. The fourth-order valence-corrected chi connectivity index (χ4v) is 6.44. The van der Waals surface area contributed by atoms with Crippen LogP contribution in [0.2, 0.25) is 0 Å². The number of aromatic hydroxyl groups is 4. The summed E-state index contributed by atoms with van der Waals surface area (Å²) in [6, 6.07) is 36.5. The van der Waals surface area contributed by atoms with E-state index in [9.17, 15) is 20.4 Å². The molecule has 0 amide bonds. The minimum Gasteiger partial charge on any atom is -0.508 e. The van der Waals surface area contributed by atoms with Crippen LogP contribution in [0.25, 0.3) is 83.6 Å². The van der Waals surface area contributed by atoms with Gasteiger partial charge in [-0.2, -0.15) is 0 Å². The van der Waals surface area contributed by atoms with Crippen molar-refractivity contribution >= 4 is 43.7 Å². The Morgan fingerprint density at radius 2 is 0.917 bits per heavy atom. The van der Waals surface area contributed by atoms with Crippen LogP contribution >= 0.6 is 0 Å². The summed E-state index contributed by atoms with van der Waals surface area (Å²) in [4.78, 5) is 14.5. The number of aromatic nitrogens is 4. The number of phenolic OH excluding ortho intramolecular Hbond substituents is 4. The van der Waals surface area contributed by atoms with Gasteiger partial charge in [-0.05, 0) is 36.4 Å². The molecule has 48 heavy (non-hydrogen) atoms. The van der Waals surface area contributed by atoms with Crippen LogP contribution in [0.3, 0.4) is 0 Å².